The van der Waals surface area contributed by atoms with E-state index in [9.17, 15) is 8.78 Å². The summed E-state index contributed by atoms with van der Waals surface area (Å²) in [4.78, 5) is 0. The highest BCUT2D eigenvalue weighted by molar-refractivity contribution is 4.99. The van der Waals surface area contributed by atoms with E-state index in [4.69, 9.17) is 0 Å². The van der Waals surface area contributed by atoms with Crippen LogP contribution in [0.2, 0.25) is 0 Å². The zero-order valence-electron chi connectivity index (χ0n) is 16.7. The number of alkyl halides is 2. The smallest absolute Gasteiger partial charge is 0.109 e. The third-order valence-electron chi connectivity index (χ3n) is 2.16. The minimum absolute atomic E-state index is 0.346. The zero-order valence-corrected chi connectivity index (χ0v) is 16.7. The Kier molecular flexibility index (Phi) is 24.1. The van der Waals surface area contributed by atoms with E-state index in [-0.39, 0.29) is 13.3 Å². The molecule has 0 fully saturated rings. The predicted octanol–water partition coefficient (Wildman–Crippen LogP) is 5.40. The highest BCUT2D eigenvalue weighted by Gasteiger charge is 1.91. The molecular formula is C18H36F2N4. The molecule has 0 saturated carbocycles. The van der Waals surface area contributed by atoms with Crippen molar-refractivity contribution in [2.75, 3.05) is 13.3 Å². The first kappa shape index (κ1) is 27.1. The number of hydrogen-bond acceptors (Lipinski definition) is 2. The van der Waals surface area contributed by atoms with Crippen LogP contribution >= 0.6 is 0 Å². The van der Waals surface area contributed by atoms with E-state index >= 15 is 0 Å². The standard InChI is InChI=1S/2C6H9FN2.3C2H6/c1-6-2-4-9(8-6)5-3-7;1-6-4-8-9(5-6)3-2-7;3*1-2/h2,4H,3,5H2,1H3;4-5H,2-3H2,1H3;3*1-2H3. The van der Waals surface area contributed by atoms with Crippen molar-refractivity contribution in [3.63, 3.8) is 0 Å². The van der Waals surface area contributed by atoms with Gasteiger partial charge in [-0.1, -0.05) is 41.5 Å². The molecule has 2 aromatic heterocycles. The van der Waals surface area contributed by atoms with Crippen molar-refractivity contribution in [2.24, 2.45) is 0 Å². The minimum Gasteiger partial charge on any atom is -0.270 e. The molecule has 24 heavy (non-hydrogen) atoms. The molecule has 0 aliphatic heterocycles. The summed E-state index contributed by atoms with van der Waals surface area (Å²) in [6.45, 7) is 15.9. The summed E-state index contributed by atoms with van der Waals surface area (Å²) in [7, 11) is 0. The van der Waals surface area contributed by atoms with Crippen molar-refractivity contribution in [1.82, 2.24) is 19.6 Å². The summed E-state index contributed by atoms with van der Waals surface area (Å²) < 4.78 is 26.4. The fraction of sp³-hybridized carbons (Fsp3) is 0.667. The molecule has 0 N–H and O–H groups in total. The zero-order chi connectivity index (χ0) is 19.4. The molecule has 4 nitrogen and oxygen atoms in total. The van der Waals surface area contributed by atoms with Crippen LogP contribution in [0.5, 0.6) is 0 Å². The highest BCUT2D eigenvalue weighted by atomic mass is 19.1. The lowest BCUT2D eigenvalue weighted by Crippen LogP contribution is -1.99. The first-order valence-corrected chi connectivity index (χ1v) is 8.76. The van der Waals surface area contributed by atoms with Crippen LogP contribution in [0.25, 0.3) is 0 Å². The summed E-state index contributed by atoms with van der Waals surface area (Å²) in [6.07, 6.45) is 5.31. The molecule has 142 valence electrons. The molecule has 6 heteroatoms. The first-order valence-electron chi connectivity index (χ1n) is 8.76. The molecule has 0 bridgehead atoms. The maximum Gasteiger partial charge on any atom is 0.109 e. The van der Waals surface area contributed by atoms with Crippen molar-refractivity contribution in [3.8, 4) is 0 Å². The van der Waals surface area contributed by atoms with Crippen LogP contribution in [0.15, 0.2) is 24.7 Å². The van der Waals surface area contributed by atoms with Gasteiger partial charge >= 0.3 is 0 Å². The van der Waals surface area contributed by atoms with Gasteiger partial charge in [0.1, 0.15) is 13.3 Å². The molecule has 0 unspecified atom stereocenters. The Labute approximate surface area is 146 Å². The van der Waals surface area contributed by atoms with Crippen LogP contribution in [0.1, 0.15) is 52.8 Å². The van der Waals surface area contributed by atoms with Crippen LogP contribution in [0.3, 0.4) is 0 Å². The fourth-order valence-corrected chi connectivity index (χ4v) is 1.35. The molecule has 0 aromatic carbocycles. The van der Waals surface area contributed by atoms with E-state index in [2.05, 4.69) is 10.2 Å². The number of aryl methyl sites for hydroxylation is 4. The highest BCUT2D eigenvalue weighted by Crippen LogP contribution is 1.93. The van der Waals surface area contributed by atoms with Crippen LogP contribution in [-0.4, -0.2) is 32.9 Å². The molecule has 0 atom stereocenters. The van der Waals surface area contributed by atoms with E-state index in [0.29, 0.717) is 13.1 Å². The minimum atomic E-state index is -0.346. The molecule has 2 rings (SSSR count). The quantitative estimate of drug-likeness (QED) is 0.743. The third kappa shape index (κ3) is 15.2. The van der Waals surface area contributed by atoms with Crippen LogP contribution in [0.4, 0.5) is 8.78 Å². The van der Waals surface area contributed by atoms with Gasteiger partial charge in [0.15, 0.2) is 0 Å². The van der Waals surface area contributed by atoms with E-state index in [1.54, 1.807) is 21.8 Å². The maximum atomic E-state index is 11.6. The Balaban J connectivity index is -0.000000281. The summed E-state index contributed by atoms with van der Waals surface area (Å²) in [5.41, 5.74) is 2.01. The predicted molar refractivity (Wildman–Crippen MR) is 99.9 cm³/mol. The maximum absolute atomic E-state index is 11.6. The van der Waals surface area contributed by atoms with Gasteiger partial charge < -0.3 is 0 Å². The van der Waals surface area contributed by atoms with Gasteiger partial charge in [-0.05, 0) is 25.5 Å². The van der Waals surface area contributed by atoms with Gasteiger partial charge in [-0.3, -0.25) is 9.36 Å². The molecule has 2 aromatic rings. The average molecular weight is 347 g/mol. The van der Waals surface area contributed by atoms with Crippen molar-refractivity contribution < 1.29 is 8.78 Å². The number of aromatic nitrogens is 4. The van der Waals surface area contributed by atoms with E-state index in [1.807, 2.05) is 67.7 Å². The number of rotatable bonds is 4. The number of halogens is 2. The van der Waals surface area contributed by atoms with Crippen molar-refractivity contribution >= 4 is 0 Å². The lowest BCUT2D eigenvalue weighted by atomic mass is 10.4. The molecule has 0 aliphatic rings. The van der Waals surface area contributed by atoms with Crippen molar-refractivity contribution in [1.29, 1.82) is 0 Å². The monoisotopic (exact) mass is 346 g/mol. The van der Waals surface area contributed by atoms with Crippen molar-refractivity contribution in [2.45, 2.75) is 68.5 Å². The molecular weight excluding hydrogens is 310 g/mol. The van der Waals surface area contributed by atoms with Crippen LogP contribution in [-0.2, 0) is 13.1 Å². The van der Waals surface area contributed by atoms with Gasteiger partial charge in [-0.2, -0.15) is 10.2 Å². The molecule has 2 heterocycles. The first-order chi connectivity index (χ1) is 11.7. The Hall–Kier alpha value is -1.72. The third-order valence-corrected chi connectivity index (χ3v) is 2.16. The van der Waals surface area contributed by atoms with Crippen LogP contribution in [0, 0.1) is 13.8 Å². The Bertz CT molecular complexity index is 411. The van der Waals surface area contributed by atoms with Crippen LogP contribution < -0.4 is 0 Å². The summed E-state index contributed by atoms with van der Waals surface area (Å²) in [6, 6.07) is 1.86. The fourth-order valence-electron chi connectivity index (χ4n) is 1.35. The molecule has 0 amide bonds. The number of hydrogen-bond donors (Lipinski definition) is 0. The van der Waals surface area contributed by atoms with Gasteiger partial charge in [-0.25, -0.2) is 8.78 Å². The molecule has 0 saturated heterocycles. The van der Waals surface area contributed by atoms with Crippen molar-refractivity contribution in [3.05, 3.63) is 35.9 Å². The van der Waals surface area contributed by atoms with E-state index < -0.39 is 0 Å². The normalized spacial score (nSPS) is 8.25. The second-order valence-corrected chi connectivity index (χ2v) is 3.88. The number of nitrogens with zero attached hydrogens (tertiary/aromatic N) is 4. The van der Waals surface area contributed by atoms with E-state index in [1.165, 1.54) is 0 Å². The Morgan fingerprint density at radius 2 is 1.38 bits per heavy atom. The molecule has 0 aliphatic carbocycles. The van der Waals surface area contributed by atoms with Gasteiger partial charge in [0, 0.05) is 12.4 Å². The summed E-state index contributed by atoms with van der Waals surface area (Å²) in [5, 5.41) is 7.86. The largest absolute Gasteiger partial charge is 0.270 e. The Morgan fingerprint density at radius 1 is 0.875 bits per heavy atom. The van der Waals surface area contributed by atoms with Gasteiger partial charge in [-0.15, -0.1) is 0 Å². The lowest BCUT2D eigenvalue weighted by Gasteiger charge is -1.92. The average Bonchev–Trinajstić information content (AvgIpc) is 3.23. The topological polar surface area (TPSA) is 35.6 Å². The van der Waals surface area contributed by atoms with E-state index in [0.717, 1.165) is 11.3 Å². The second-order valence-electron chi connectivity index (χ2n) is 3.88. The van der Waals surface area contributed by atoms with Gasteiger partial charge in [0.05, 0.1) is 25.0 Å². The summed E-state index contributed by atoms with van der Waals surface area (Å²) >= 11 is 0. The lowest BCUT2D eigenvalue weighted by molar-refractivity contribution is 0.426. The summed E-state index contributed by atoms with van der Waals surface area (Å²) in [5.74, 6) is 0. The molecule has 0 radical (unpaired) electrons. The Morgan fingerprint density at radius 3 is 1.71 bits per heavy atom. The SMILES string of the molecule is CC.CC.CC.Cc1ccn(CCF)n1.Cc1cnn(CCF)c1. The van der Waals surface area contributed by atoms with Gasteiger partial charge in [0.25, 0.3) is 0 Å². The second kappa shape index (κ2) is 21.3. The molecule has 0 spiro atoms. The van der Waals surface area contributed by atoms with Gasteiger partial charge in [0.2, 0.25) is 0 Å².